The molecule has 3 fully saturated rings. The average Bonchev–Trinajstić information content (AvgIpc) is 3.25. The lowest BCUT2D eigenvalue weighted by Crippen LogP contribution is -2.55. The van der Waals surface area contributed by atoms with Crippen LogP contribution in [-0.4, -0.2) is 114 Å². The third kappa shape index (κ3) is 14.4. The van der Waals surface area contributed by atoms with Gasteiger partial charge < -0.3 is 34.1 Å². The topological polar surface area (TPSA) is 166 Å². The van der Waals surface area contributed by atoms with Gasteiger partial charge in [-0.2, -0.15) is 0 Å². The Kier molecular flexibility index (Phi) is 20.4. The highest BCUT2D eigenvalue weighted by atomic mass is 16.5. The Labute approximate surface area is 370 Å². The number of Topliss-reactive ketones (excluding diaryl/α,β-unsaturated/α-hetero) is 3. The molecule has 1 unspecified atom stereocenters. The molecule has 3 aliphatic heterocycles. The number of amides is 1. The number of cyclic esters (lactones) is 1. The van der Waals surface area contributed by atoms with E-state index in [1.54, 1.807) is 27.0 Å². The molecule has 12 atom stereocenters. The predicted molar refractivity (Wildman–Crippen MR) is 238 cm³/mol. The number of aliphatic hydroxyl groups excluding tert-OH is 2. The number of rotatable bonds is 5. The number of allylic oxidation sites excluding steroid dienone is 6. The van der Waals surface area contributed by atoms with Crippen LogP contribution in [0.2, 0.25) is 0 Å². The number of methoxy groups -OCH3 is 2. The molecule has 0 aromatic heterocycles. The Balaban J connectivity index is 1.67. The van der Waals surface area contributed by atoms with Crippen molar-refractivity contribution in [2.75, 3.05) is 20.8 Å². The fraction of sp³-hybridized carbons (Fsp3) is 0.740. The summed E-state index contributed by atoms with van der Waals surface area (Å²) in [4.78, 5) is 71.5. The van der Waals surface area contributed by atoms with Crippen LogP contribution in [-0.2, 0) is 42.9 Å². The van der Waals surface area contributed by atoms with Gasteiger partial charge in [0.05, 0.1) is 24.4 Å². The monoisotopic (exact) mass is 868 g/mol. The Bertz CT molecular complexity index is 1640. The Morgan fingerprint density at radius 3 is 2.24 bits per heavy atom. The van der Waals surface area contributed by atoms with Crippen molar-refractivity contribution in [3.63, 3.8) is 0 Å². The summed E-state index contributed by atoms with van der Waals surface area (Å²) in [5.74, 6) is -3.66. The zero-order valence-electron chi connectivity index (χ0n) is 39.0. The number of esters is 1. The summed E-state index contributed by atoms with van der Waals surface area (Å²) < 4.78 is 24.1. The number of hydrogen-bond acceptors (Lipinski definition) is 11. The SMILES string of the molecule is CO[C@H]1C[C@@H]2CC[C@@H](C)[C@@H](O2)C(=O)C(=O)N2CCCC[C@H]2C(=O)O[C@H]([C@H](C)CC2CCC(O)CC2)CC(=O)C(C)=CC(C)[C@@H](O)[C@@H](OC)C(=O)[C@H](C)C[C@H](C)C=CC=CC=C1C. The molecule has 62 heavy (non-hydrogen) atoms. The van der Waals surface area contributed by atoms with E-state index in [0.717, 1.165) is 18.4 Å². The highest BCUT2D eigenvalue weighted by Crippen LogP contribution is 2.34. The van der Waals surface area contributed by atoms with Crippen LogP contribution in [0, 0.1) is 35.5 Å². The van der Waals surface area contributed by atoms with Gasteiger partial charge in [0.15, 0.2) is 11.6 Å². The number of aliphatic hydroxyl groups is 2. The highest BCUT2D eigenvalue weighted by molar-refractivity contribution is 6.38. The van der Waals surface area contributed by atoms with Crippen molar-refractivity contribution in [1.29, 1.82) is 0 Å². The minimum absolute atomic E-state index is 0.0570. The number of carbonyl (C=O) groups is 5. The molecule has 0 radical (unpaired) electrons. The molecule has 2 bridgehead atoms. The maximum absolute atomic E-state index is 14.3. The van der Waals surface area contributed by atoms with Crippen LogP contribution < -0.4 is 0 Å². The molecule has 4 aliphatic rings. The highest BCUT2D eigenvalue weighted by Gasteiger charge is 2.44. The number of piperidine rings is 1. The Hall–Kier alpha value is -3.29. The van der Waals surface area contributed by atoms with Gasteiger partial charge >= 0.3 is 5.97 Å². The molecule has 1 amide bonds. The fourth-order valence-electron chi connectivity index (χ4n) is 9.83. The van der Waals surface area contributed by atoms with Crippen LogP contribution in [0.25, 0.3) is 0 Å². The summed E-state index contributed by atoms with van der Waals surface area (Å²) in [5, 5.41) is 21.6. The second-order valence-corrected chi connectivity index (χ2v) is 19.1. The molecular formula is C50H77NO11. The average molecular weight is 868 g/mol. The molecule has 2 N–H and O–H groups in total. The number of fused-ring (bicyclic) bond motifs is 3. The van der Waals surface area contributed by atoms with Gasteiger partial charge in [0.2, 0.25) is 5.78 Å². The Morgan fingerprint density at radius 1 is 0.855 bits per heavy atom. The molecule has 4 rings (SSSR count). The van der Waals surface area contributed by atoms with Gasteiger partial charge in [-0.15, -0.1) is 0 Å². The smallest absolute Gasteiger partial charge is 0.329 e. The maximum Gasteiger partial charge on any atom is 0.329 e. The molecule has 0 spiro atoms. The van der Waals surface area contributed by atoms with Crippen LogP contribution in [0.5, 0.6) is 0 Å². The van der Waals surface area contributed by atoms with E-state index in [2.05, 4.69) is 0 Å². The zero-order valence-corrected chi connectivity index (χ0v) is 39.0. The molecule has 348 valence electrons. The molecule has 0 aromatic carbocycles. The van der Waals surface area contributed by atoms with E-state index in [1.165, 1.54) is 12.0 Å². The van der Waals surface area contributed by atoms with Crippen molar-refractivity contribution in [3.8, 4) is 0 Å². The van der Waals surface area contributed by atoms with Gasteiger partial charge in [-0.3, -0.25) is 19.2 Å². The normalized spacial score (nSPS) is 36.7. The number of ketones is 3. The summed E-state index contributed by atoms with van der Waals surface area (Å²) in [6.45, 7) is 13.3. The minimum atomic E-state index is -1.21. The first kappa shape index (κ1) is 51.3. The molecule has 0 aromatic rings. The lowest BCUT2D eigenvalue weighted by Gasteiger charge is -2.38. The van der Waals surface area contributed by atoms with Crippen molar-refractivity contribution in [1.82, 2.24) is 4.90 Å². The number of ether oxygens (including phenoxy) is 4. The van der Waals surface area contributed by atoms with Gasteiger partial charge in [-0.1, -0.05) is 71.1 Å². The molecule has 1 saturated carbocycles. The lowest BCUT2D eigenvalue weighted by molar-refractivity contribution is -0.170. The van der Waals surface area contributed by atoms with Gasteiger partial charge in [0, 0.05) is 45.4 Å². The summed E-state index contributed by atoms with van der Waals surface area (Å²) in [6, 6.07) is -0.991. The standard InChI is InChI=1S/C50H77NO11/c1-30-15-11-10-12-16-31(2)42(59-8)28-39-23-18-32(3)47(61-39)46(56)49(57)51-24-14-13-17-40(51)50(58)62-43(34(5)27-37-19-21-38(52)22-20-37)29-41(53)33(4)26-36(7)45(55)48(60-9)44(54)35(6)25-30/h10-12,15-16,26,30,32,34-40,42-43,45,47-48,52,55H,13-14,17-25,27-29H2,1-9H3/t30-,32-,34-,35-,36?,37?,38?,39+,40+,42+,43+,45-,47-,48+/m1/s1. The van der Waals surface area contributed by atoms with E-state index in [9.17, 15) is 34.2 Å². The third-order valence-electron chi connectivity index (χ3n) is 14.0. The van der Waals surface area contributed by atoms with Crippen molar-refractivity contribution in [3.05, 3.63) is 47.6 Å². The zero-order chi connectivity index (χ0) is 45.7. The van der Waals surface area contributed by atoms with E-state index in [1.807, 2.05) is 65.0 Å². The first-order valence-corrected chi connectivity index (χ1v) is 23.3. The van der Waals surface area contributed by atoms with Gasteiger partial charge in [-0.25, -0.2) is 4.79 Å². The predicted octanol–water partition coefficient (Wildman–Crippen LogP) is 7.24. The first-order chi connectivity index (χ1) is 29.4. The van der Waals surface area contributed by atoms with E-state index in [0.29, 0.717) is 69.8 Å². The number of nitrogens with zero attached hydrogens (tertiary/aromatic N) is 1. The quantitative estimate of drug-likeness (QED) is 0.211. The summed E-state index contributed by atoms with van der Waals surface area (Å²) in [6.07, 6.45) is 14.1. The van der Waals surface area contributed by atoms with Crippen LogP contribution in [0.15, 0.2) is 47.6 Å². The lowest BCUT2D eigenvalue weighted by atomic mass is 9.80. The van der Waals surface area contributed by atoms with E-state index in [4.69, 9.17) is 18.9 Å². The van der Waals surface area contributed by atoms with Crippen LogP contribution in [0.1, 0.15) is 132 Å². The van der Waals surface area contributed by atoms with E-state index < -0.39 is 60.0 Å². The van der Waals surface area contributed by atoms with Crippen molar-refractivity contribution < 1.29 is 53.1 Å². The maximum atomic E-state index is 14.3. The summed E-state index contributed by atoms with van der Waals surface area (Å²) in [5.41, 5.74) is 1.33. The van der Waals surface area contributed by atoms with E-state index in [-0.39, 0.29) is 66.5 Å². The van der Waals surface area contributed by atoms with Gasteiger partial charge in [0.25, 0.3) is 5.91 Å². The van der Waals surface area contributed by atoms with Gasteiger partial charge in [0.1, 0.15) is 24.4 Å². The van der Waals surface area contributed by atoms with Crippen LogP contribution in [0.3, 0.4) is 0 Å². The number of hydrogen-bond donors (Lipinski definition) is 2. The second kappa shape index (κ2) is 24.7. The van der Waals surface area contributed by atoms with Crippen molar-refractivity contribution in [2.24, 2.45) is 35.5 Å². The molecule has 3 heterocycles. The van der Waals surface area contributed by atoms with Gasteiger partial charge in [-0.05, 0) is 119 Å². The van der Waals surface area contributed by atoms with Crippen molar-refractivity contribution in [2.45, 2.75) is 181 Å². The minimum Gasteiger partial charge on any atom is -0.460 e. The number of carbonyl (C=O) groups excluding carboxylic acids is 5. The largest absolute Gasteiger partial charge is 0.460 e. The van der Waals surface area contributed by atoms with Crippen molar-refractivity contribution >= 4 is 29.2 Å². The molecule has 12 heteroatoms. The van der Waals surface area contributed by atoms with E-state index >= 15 is 0 Å². The first-order valence-electron chi connectivity index (χ1n) is 23.3. The molecule has 1 aliphatic carbocycles. The summed E-state index contributed by atoms with van der Waals surface area (Å²) >= 11 is 0. The second-order valence-electron chi connectivity index (χ2n) is 19.1. The molecule has 12 nitrogen and oxygen atoms in total. The Morgan fingerprint density at radius 2 is 1.56 bits per heavy atom. The molecule has 2 saturated heterocycles. The van der Waals surface area contributed by atoms with Crippen LogP contribution in [0.4, 0.5) is 0 Å². The fourth-order valence-corrected chi connectivity index (χ4v) is 9.83. The van der Waals surface area contributed by atoms with Crippen LogP contribution >= 0.6 is 0 Å². The summed E-state index contributed by atoms with van der Waals surface area (Å²) in [7, 11) is 3.04. The third-order valence-corrected chi connectivity index (χ3v) is 14.0. The molecular weight excluding hydrogens is 791 g/mol.